The van der Waals surface area contributed by atoms with Crippen molar-refractivity contribution in [2.24, 2.45) is 10.8 Å². The third kappa shape index (κ3) is 4.56. The fraction of sp³-hybridized carbons (Fsp3) is 0.273. The molecular weight excluding hydrogens is 204 g/mol. The van der Waals surface area contributed by atoms with E-state index in [9.17, 15) is 4.79 Å². The molecule has 3 N–H and O–H groups in total. The molecule has 0 saturated carbocycles. The summed E-state index contributed by atoms with van der Waals surface area (Å²) in [6.45, 7) is 0.866. The third-order valence-corrected chi connectivity index (χ3v) is 1.84. The van der Waals surface area contributed by atoms with Crippen LogP contribution in [-0.4, -0.2) is 31.2 Å². The van der Waals surface area contributed by atoms with Gasteiger partial charge in [-0.15, -0.1) is 0 Å². The van der Waals surface area contributed by atoms with Crippen LogP contribution < -0.4 is 11.2 Å². The number of rotatable bonds is 4. The van der Waals surface area contributed by atoms with Crippen molar-refractivity contribution in [1.82, 2.24) is 10.3 Å². The minimum Gasteiger partial charge on any atom is -0.350 e. The number of nitrogens with two attached hydrogens (primary N) is 1. The van der Waals surface area contributed by atoms with Crippen LogP contribution in [0.15, 0.2) is 29.4 Å². The van der Waals surface area contributed by atoms with E-state index in [-0.39, 0.29) is 0 Å². The second kappa shape index (κ2) is 5.87. The van der Waals surface area contributed by atoms with E-state index < -0.39 is 6.03 Å². The second-order valence-corrected chi connectivity index (χ2v) is 3.72. The first-order chi connectivity index (χ1) is 7.58. The highest BCUT2D eigenvalue weighted by atomic mass is 16.2. The topological polar surface area (TPSA) is 70.7 Å². The Morgan fingerprint density at radius 1 is 1.56 bits per heavy atom. The molecule has 0 heterocycles. The lowest BCUT2D eigenvalue weighted by atomic mass is 10.1. The summed E-state index contributed by atoms with van der Waals surface area (Å²) in [7, 11) is 4.02. The predicted octanol–water partition coefficient (Wildman–Crippen LogP) is 0.750. The van der Waals surface area contributed by atoms with E-state index in [4.69, 9.17) is 5.73 Å². The van der Waals surface area contributed by atoms with Crippen molar-refractivity contribution in [1.29, 1.82) is 0 Å². The van der Waals surface area contributed by atoms with E-state index in [1.807, 2.05) is 38.4 Å². The molecule has 0 spiro atoms. The number of nitrogens with zero attached hydrogens (tertiary/aromatic N) is 2. The summed E-state index contributed by atoms with van der Waals surface area (Å²) in [4.78, 5) is 12.5. The summed E-state index contributed by atoms with van der Waals surface area (Å²) >= 11 is 0. The van der Waals surface area contributed by atoms with E-state index in [2.05, 4.69) is 15.4 Å². The highest BCUT2D eigenvalue weighted by Gasteiger charge is 1.96. The smallest absolute Gasteiger partial charge is 0.332 e. The number of hydrazone groups is 1. The van der Waals surface area contributed by atoms with Gasteiger partial charge in [0.05, 0.1) is 6.21 Å². The zero-order valence-corrected chi connectivity index (χ0v) is 9.47. The van der Waals surface area contributed by atoms with Gasteiger partial charge >= 0.3 is 6.03 Å². The van der Waals surface area contributed by atoms with Crippen LogP contribution in [-0.2, 0) is 6.54 Å². The minimum absolute atomic E-state index is 0.666. The molecule has 0 saturated heterocycles. The predicted molar refractivity (Wildman–Crippen MR) is 64.1 cm³/mol. The van der Waals surface area contributed by atoms with Gasteiger partial charge in [-0.25, -0.2) is 10.2 Å². The molecule has 1 aromatic carbocycles. The Morgan fingerprint density at radius 3 is 2.94 bits per heavy atom. The molecule has 16 heavy (non-hydrogen) atoms. The molecule has 5 nitrogen and oxygen atoms in total. The number of amides is 2. The quantitative estimate of drug-likeness (QED) is 0.580. The van der Waals surface area contributed by atoms with E-state index >= 15 is 0 Å². The number of benzene rings is 1. The number of carbonyl (C=O) groups excluding carboxylic acids is 1. The van der Waals surface area contributed by atoms with Crippen molar-refractivity contribution < 1.29 is 4.79 Å². The maximum atomic E-state index is 10.4. The number of hydrogen-bond acceptors (Lipinski definition) is 3. The fourth-order valence-corrected chi connectivity index (χ4v) is 1.31. The summed E-state index contributed by atoms with van der Waals surface area (Å²) in [5.41, 5.74) is 9.15. The first-order valence-electron chi connectivity index (χ1n) is 4.90. The molecular formula is C11H16N4O. The van der Waals surface area contributed by atoms with Crippen LogP contribution in [0, 0.1) is 0 Å². The molecule has 1 rings (SSSR count). The molecule has 0 aliphatic heterocycles. The Balaban J connectivity index is 2.67. The fourth-order valence-electron chi connectivity index (χ4n) is 1.31. The zero-order valence-electron chi connectivity index (χ0n) is 9.47. The number of primary amides is 1. The summed E-state index contributed by atoms with van der Waals surface area (Å²) in [5, 5.41) is 3.70. The van der Waals surface area contributed by atoms with Crippen LogP contribution in [0.25, 0.3) is 0 Å². The zero-order chi connectivity index (χ0) is 12.0. The number of carbonyl (C=O) groups is 1. The number of urea groups is 1. The maximum absolute atomic E-state index is 10.4. The van der Waals surface area contributed by atoms with Gasteiger partial charge in [0, 0.05) is 6.54 Å². The first kappa shape index (κ1) is 12.2. The molecule has 0 aliphatic rings. The van der Waals surface area contributed by atoms with Gasteiger partial charge in [0.2, 0.25) is 0 Å². The van der Waals surface area contributed by atoms with Gasteiger partial charge in [-0.05, 0) is 31.3 Å². The van der Waals surface area contributed by atoms with E-state index in [0.29, 0.717) is 0 Å². The van der Waals surface area contributed by atoms with Crippen molar-refractivity contribution in [3.63, 3.8) is 0 Å². The van der Waals surface area contributed by atoms with Crippen LogP contribution in [0.3, 0.4) is 0 Å². The molecule has 2 amide bonds. The van der Waals surface area contributed by atoms with Gasteiger partial charge in [0.1, 0.15) is 0 Å². The largest absolute Gasteiger partial charge is 0.350 e. The molecule has 0 aliphatic carbocycles. The summed E-state index contributed by atoms with van der Waals surface area (Å²) in [6.07, 6.45) is 1.56. The lowest BCUT2D eigenvalue weighted by Gasteiger charge is -2.09. The van der Waals surface area contributed by atoms with Gasteiger partial charge in [-0.3, -0.25) is 0 Å². The van der Waals surface area contributed by atoms with Crippen LogP contribution in [0.4, 0.5) is 4.79 Å². The molecule has 86 valence electrons. The molecule has 0 unspecified atom stereocenters. The van der Waals surface area contributed by atoms with Crippen LogP contribution in [0.5, 0.6) is 0 Å². The Hall–Kier alpha value is -1.88. The van der Waals surface area contributed by atoms with Gasteiger partial charge in [0.25, 0.3) is 0 Å². The third-order valence-electron chi connectivity index (χ3n) is 1.84. The van der Waals surface area contributed by atoms with Gasteiger partial charge in [-0.2, -0.15) is 5.10 Å². The Labute approximate surface area is 94.9 Å². The molecule has 1 aromatic rings. The lowest BCUT2D eigenvalue weighted by Crippen LogP contribution is -2.24. The highest BCUT2D eigenvalue weighted by Crippen LogP contribution is 2.04. The van der Waals surface area contributed by atoms with Crippen molar-refractivity contribution >= 4 is 12.2 Å². The molecule has 0 atom stereocenters. The van der Waals surface area contributed by atoms with Crippen molar-refractivity contribution in [3.05, 3.63) is 35.4 Å². The normalized spacial score (nSPS) is 10.9. The minimum atomic E-state index is -0.666. The Morgan fingerprint density at radius 2 is 2.31 bits per heavy atom. The number of nitrogens with one attached hydrogen (secondary N) is 1. The molecule has 0 aromatic heterocycles. The maximum Gasteiger partial charge on any atom is 0.332 e. The highest BCUT2D eigenvalue weighted by molar-refractivity contribution is 5.81. The average Bonchev–Trinajstić information content (AvgIpc) is 2.16. The molecule has 0 fully saturated rings. The molecule has 5 heteroatoms. The first-order valence-corrected chi connectivity index (χ1v) is 4.90. The van der Waals surface area contributed by atoms with Crippen molar-refractivity contribution in [2.45, 2.75) is 6.54 Å². The Bertz CT molecular complexity index is 387. The van der Waals surface area contributed by atoms with Crippen LogP contribution >= 0.6 is 0 Å². The van der Waals surface area contributed by atoms with Gasteiger partial charge < -0.3 is 10.6 Å². The van der Waals surface area contributed by atoms with Gasteiger partial charge in [-0.1, -0.05) is 18.2 Å². The van der Waals surface area contributed by atoms with Gasteiger partial charge in [0.15, 0.2) is 0 Å². The summed E-state index contributed by atoms with van der Waals surface area (Å²) in [6, 6.07) is 7.24. The average molecular weight is 220 g/mol. The van der Waals surface area contributed by atoms with Crippen molar-refractivity contribution in [3.8, 4) is 0 Å². The monoisotopic (exact) mass is 220 g/mol. The lowest BCUT2D eigenvalue weighted by molar-refractivity contribution is 0.249. The Kier molecular flexibility index (Phi) is 4.47. The molecule has 0 bridgehead atoms. The second-order valence-electron chi connectivity index (χ2n) is 3.72. The van der Waals surface area contributed by atoms with Crippen LogP contribution in [0.1, 0.15) is 11.1 Å². The van der Waals surface area contributed by atoms with Crippen molar-refractivity contribution in [2.75, 3.05) is 14.1 Å². The number of hydrogen-bond donors (Lipinski definition) is 2. The summed E-state index contributed by atoms with van der Waals surface area (Å²) in [5.74, 6) is 0. The summed E-state index contributed by atoms with van der Waals surface area (Å²) < 4.78 is 0. The standard InChI is InChI=1S/C11H16N4O/c1-15(2)8-10-5-3-4-9(6-10)7-13-14-11(12)16/h3-7H,8H2,1-2H3,(H3,12,14,16). The van der Waals surface area contributed by atoms with Crippen LogP contribution in [0.2, 0.25) is 0 Å². The van der Waals surface area contributed by atoms with E-state index in [0.717, 1.165) is 12.1 Å². The SMILES string of the molecule is CN(C)Cc1cccc(C=NNC(N)=O)c1. The molecule has 0 radical (unpaired) electrons. The van der Waals surface area contributed by atoms with E-state index in [1.165, 1.54) is 5.56 Å². The van der Waals surface area contributed by atoms with E-state index in [1.54, 1.807) is 6.21 Å².